The largest absolute Gasteiger partial charge is 0.352 e. The standard InChI is InChI=1S/C27H22ClN3O2S/c28-22-9-11-23(12-10-22)31-16-21(14-25(31)32)26(33)29-15-18-5-4-8-20(13-18)27-30-24(17-34-27)19-6-2-1-3-7-19/h1-13,17,21H,14-16H2,(H,29,33). The molecule has 5 rings (SSSR count). The Kier molecular flexibility index (Phi) is 6.43. The Morgan fingerprint density at radius 3 is 2.59 bits per heavy atom. The summed E-state index contributed by atoms with van der Waals surface area (Å²) >= 11 is 7.54. The highest BCUT2D eigenvalue weighted by Crippen LogP contribution is 2.30. The van der Waals surface area contributed by atoms with Crippen molar-refractivity contribution in [2.24, 2.45) is 5.92 Å². The molecule has 0 radical (unpaired) electrons. The van der Waals surface area contributed by atoms with Gasteiger partial charge in [-0.2, -0.15) is 0 Å². The Morgan fingerprint density at radius 1 is 1.03 bits per heavy atom. The van der Waals surface area contributed by atoms with Gasteiger partial charge in [0.15, 0.2) is 0 Å². The number of aromatic nitrogens is 1. The van der Waals surface area contributed by atoms with E-state index in [1.54, 1.807) is 40.5 Å². The van der Waals surface area contributed by atoms with Gasteiger partial charge in [-0.25, -0.2) is 4.98 Å². The molecule has 170 valence electrons. The predicted octanol–water partition coefficient (Wildman–Crippen LogP) is 5.80. The molecule has 2 amide bonds. The molecule has 1 saturated heterocycles. The molecule has 0 aliphatic carbocycles. The number of carbonyl (C=O) groups excluding carboxylic acids is 2. The number of carbonyl (C=O) groups is 2. The molecule has 0 bridgehead atoms. The Bertz CT molecular complexity index is 1320. The first-order chi connectivity index (χ1) is 16.6. The second kappa shape index (κ2) is 9.79. The molecule has 2 heterocycles. The van der Waals surface area contributed by atoms with Crippen molar-refractivity contribution in [1.29, 1.82) is 0 Å². The summed E-state index contributed by atoms with van der Waals surface area (Å²) in [5.74, 6) is -0.544. The van der Waals surface area contributed by atoms with Crippen LogP contribution in [0.25, 0.3) is 21.8 Å². The van der Waals surface area contributed by atoms with Gasteiger partial charge in [0.1, 0.15) is 5.01 Å². The summed E-state index contributed by atoms with van der Waals surface area (Å²) in [5.41, 5.74) is 4.81. The van der Waals surface area contributed by atoms with Crippen LogP contribution in [-0.2, 0) is 16.1 Å². The van der Waals surface area contributed by atoms with E-state index in [2.05, 4.69) is 10.7 Å². The van der Waals surface area contributed by atoms with Crippen molar-refractivity contribution in [3.63, 3.8) is 0 Å². The monoisotopic (exact) mass is 487 g/mol. The van der Waals surface area contributed by atoms with E-state index in [4.69, 9.17) is 16.6 Å². The zero-order valence-electron chi connectivity index (χ0n) is 18.3. The third-order valence-corrected chi connectivity index (χ3v) is 6.99. The zero-order valence-corrected chi connectivity index (χ0v) is 19.9. The lowest BCUT2D eigenvalue weighted by Gasteiger charge is -2.16. The fourth-order valence-electron chi connectivity index (χ4n) is 4.05. The third-order valence-electron chi connectivity index (χ3n) is 5.85. The molecule has 1 fully saturated rings. The van der Waals surface area contributed by atoms with Crippen molar-refractivity contribution < 1.29 is 9.59 Å². The third kappa shape index (κ3) is 4.88. The van der Waals surface area contributed by atoms with Crippen LogP contribution in [-0.4, -0.2) is 23.3 Å². The van der Waals surface area contributed by atoms with Crippen LogP contribution in [0.1, 0.15) is 12.0 Å². The second-order valence-electron chi connectivity index (χ2n) is 8.20. The van der Waals surface area contributed by atoms with Gasteiger partial charge >= 0.3 is 0 Å². The summed E-state index contributed by atoms with van der Waals surface area (Å²) < 4.78 is 0. The Balaban J connectivity index is 1.22. The van der Waals surface area contributed by atoms with Crippen molar-refractivity contribution in [3.05, 3.63) is 94.8 Å². The molecule has 0 saturated carbocycles. The lowest BCUT2D eigenvalue weighted by atomic mass is 10.1. The first kappa shape index (κ1) is 22.3. The quantitative estimate of drug-likeness (QED) is 0.374. The minimum Gasteiger partial charge on any atom is -0.352 e. The van der Waals surface area contributed by atoms with E-state index in [0.29, 0.717) is 18.1 Å². The van der Waals surface area contributed by atoms with Gasteiger partial charge in [0.2, 0.25) is 11.8 Å². The minimum atomic E-state index is -0.376. The number of thiazole rings is 1. The lowest BCUT2D eigenvalue weighted by molar-refractivity contribution is -0.126. The molecule has 1 aromatic heterocycles. The van der Waals surface area contributed by atoms with Gasteiger partial charge in [0.25, 0.3) is 0 Å². The van der Waals surface area contributed by atoms with Gasteiger partial charge in [-0.3, -0.25) is 9.59 Å². The highest BCUT2D eigenvalue weighted by Gasteiger charge is 2.35. The Hall–Kier alpha value is -3.48. The van der Waals surface area contributed by atoms with Crippen LogP contribution in [0.4, 0.5) is 5.69 Å². The molecule has 4 aromatic rings. The Morgan fingerprint density at radius 2 is 1.79 bits per heavy atom. The maximum Gasteiger partial charge on any atom is 0.227 e. The van der Waals surface area contributed by atoms with Crippen LogP contribution in [0.15, 0.2) is 84.2 Å². The molecule has 1 atom stereocenters. The highest BCUT2D eigenvalue weighted by atomic mass is 35.5. The number of benzene rings is 3. The first-order valence-electron chi connectivity index (χ1n) is 11.0. The van der Waals surface area contributed by atoms with Gasteiger partial charge in [-0.05, 0) is 35.9 Å². The summed E-state index contributed by atoms with van der Waals surface area (Å²) in [6.45, 7) is 0.767. The number of hydrogen-bond acceptors (Lipinski definition) is 4. The molecular weight excluding hydrogens is 466 g/mol. The molecule has 1 aliphatic heterocycles. The van der Waals surface area contributed by atoms with Crippen LogP contribution < -0.4 is 10.2 Å². The normalized spacial score (nSPS) is 15.5. The van der Waals surface area contributed by atoms with Crippen LogP contribution in [0, 0.1) is 5.92 Å². The molecule has 1 aliphatic rings. The SMILES string of the molecule is O=C(NCc1cccc(-c2nc(-c3ccccc3)cs2)c1)C1CC(=O)N(c2ccc(Cl)cc2)C1. The van der Waals surface area contributed by atoms with E-state index < -0.39 is 0 Å². The summed E-state index contributed by atoms with van der Waals surface area (Å²) in [5, 5.41) is 6.60. The molecule has 3 aromatic carbocycles. The van der Waals surface area contributed by atoms with Crippen molar-refractivity contribution in [2.45, 2.75) is 13.0 Å². The fraction of sp³-hybridized carbons (Fsp3) is 0.148. The van der Waals surface area contributed by atoms with Crippen LogP contribution in [0.2, 0.25) is 5.02 Å². The highest BCUT2D eigenvalue weighted by molar-refractivity contribution is 7.13. The summed E-state index contributed by atoms with van der Waals surface area (Å²) in [6, 6.07) is 25.2. The Labute approximate surface area is 207 Å². The number of anilines is 1. The average molecular weight is 488 g/mol. The van der Waals surface area contributed by atoms with E-state index in [1.807, 2.05) is 54.6 Å². The van der Waals surface area contributed by atoms with E-state index in [9.17, 15) is 9.59 Å². The van der Waals surface area contributed by atoms with Crippen molar-refractivity contribution in [2.75, 3.05) is 11.4 Å². The molecule has 5 nitrogen and oxygen atoms in total. The van der Waals surface area contributed by atoms with Crippen molar-refractivity contribution in [1.82, 2.24) is 10.3 Å². The smallest absolute Gasteiger partial charge is 0.227 e. The second-order valence-corrected chi connectivity index (χ2v) is 9.50. The van der Waals surface area contributed by atoms with Gasteiger partial charge in [0.05, 0.1) is 11.6 Å². The van der Waals surface area contributed by atoms with Crippen molar-refractivity contribution >= 4 is 40.4 Å². The molecule has 1 N–H and O–H groups in total. The van der Waals surface area contributed by atoms with Crippen LogP contribution in [0.3, 0.4) is 0 Å². The maximum atomic E-state index is 12.8. The van der Waals surface area contributed by atoms with Gasteiger partial charge < -0.3 is 10.2 Å². The molecule has 34 heavy (non-hydrogen) atoms. The number of halogens is 1. The minimum absolute atomic E-state index is 0.0533. The maximum absolute atomic E-state index is 12.8. The number of nitrogens with one attached hydrogen (secondary N) is 1. The van der Waals surface area contributed by atoms with E-state index >= 15 is 0 Å². The first-order valence-corrected chi connectivity index (χ1v) is 12.3. The molecule has 1 unspecified atom stereocenters. The summed E-state index contributed by atoms with van der Waals surface area (Å²) in [4.78, 5) is 31.7. The van der Waals surface area contributed by atoms with Gasteiger partial charge in [-0.15, -0.1) is 11.3 Å². The van der Waals surface area contributed by atoms with Gasteiger partial charge in [-0.1, -0.05) is 60.1 Å². The zero-order chi connectivity index (χ0) is 23.5. The fourth-order valence-corrected chi connectivity index (χ4v) is 5.00. The lowest BCUT2D eigenvalue weighted by Crippen LogP contribution is -2.32. The van der Waals surface area contributed by atoms with E-state index in [-0.39, 0.29) is 24.2 Å². The molecule has 7 heteroatoms. The van der Waals surface area contributed by atoms with Crippen LogP contribution >= 0.6 is 22.9 Å². The topological polar surface area (TPSA) is 62.3 Å². The number of rotatable bonds is 6. The number of nitrogens with zero attached hydrogens (tertiary/aromatic N) is 2. The van der Waals surface area contributed by atoms with E-state index in [0.717, 1.165) is 33.1 Å². The average Bonchev–Trinajstić information content (AvgIpc) is 3.51. The van der Waals surface area contributed by atoms with Gasteiger partial charge in [0, 0.05) is 46.7 Å². The van der Waals surface area contributed by atoms with Crippen molar-refractivity contribution in [3.8, 4) is 21.8 Å². The number of amides is 2. The summed E-state index contributed by atoms with van der Waals surface area (Å²) in [7, 11) is 0. The summed E-state index contributed by atoms with van der Waals surface area (Å²) in [6.07, 6.45) is 0.204. The predicted molar refractivity (Wildman–Crippen MR) is 137 cm³/mol. The molecule has 0 spiro atoms. The number of hydrogen-bond donors (Lipinski definition) is 1. The van der Waals surface area contributed by atoms with E-state index in [1.165, 1.54) is 0 Å². The van der Waals surface area contributed by atoms with Crippen LogP contribution in [0.5, 0.6) is 0 Å². The molecular formula is C27H22ClN3O2S.